The van der Waals surface area contributed by atoms with Crippen LogP contribution in [0.1, 0.15) is 33.6 Å². The number of sulfone groups is 1. The van der Waals surface area contributed by atoms with Crippen LogP contribution in [0.2, 0.25) is 0 Å². The van der Waals surface area contributed by atoms with E-state index in [1.807, 2.05) is 0 Å². The predicted molar refractivity (Wildman–Crippen MR) is 80.0 cm³/mol. The minimum absolute atomic E-state index is 0.184. The maximum Gasteiger partial charge on any atom is 0.410 e. The summed E-state index contributed by atoms with van der Waals surface area (Å²) in [6.45, 7) is 5.85. The van der Waals surface area contributed by atoms with Crippen LogP contribution in [0.3, 0.4) is 0 Å². The van der Waals surface area contributed by atoms with Crippen molar-refractivity contribution in [1.82, 2.24) is 14.9 Å². The van der Waals surface area contributed by atoms with E-state index in [4.69, 9.17) is 4.74 Å². The summed E-state index contributed by atoms with van der Waals surface area (Å²) in [4.78, 5) is 21.2. The summed E-state index contributed by atoms with van der Waals surface area (Å²) in [5.74, 6) is -0.184. The normalized spacial score (nSPS) is 19.2. The van der Waals surface area contributed by atoms with Crippen molar-refractivity contribution >= 4 is 15.9 Å². The van der Waals surface area contributed by atoms with Gasteiger partial charge in [-0.1, -0.05) is 0 Å². The molecule has 1 saturated heterocycles. The van der Waals surface area contributed by atoms with Gasteiger partial charge in [0.2, 0.25) is 15.0 Å². The second kappa shape index (κ2) is 6.20. The molecule has 2 rings (SSSR count). The molecule has 22 heavy (non-hydrogen) atoms. The Morgan fingerprint density at radius 1 is 1.36 bits per heavy atom. The van der Waals surface area contributed by atoms with Crippen LogP contribution in [-0.2, 0) is 14.6 Å². The van der Waals surface area contributed by atoms with Crippen LogP contribution in [0.4, 0.5) is 4.79 Å². The zero-order valence-corrected chi connectivity index (χ0v) is 13.8. The van der Waals surface area contributed by atoms with E-state index in [1.165, 1.54) is 17.3 Å². The molecule has 1 aromatic heterocycles. The van der Waals surface area contributed by atoms with E-state index in [0.717, 1.165) is 6.42 Å². The van der Waals surface area contributed by atoms with Gasteiger partial charge in [-0.2, -0.15) is 0 Å². The largest absolute Gasteiger partial charge is 0.444 e. The monoisotopic (exact) mass is 327 g/mol. The van der Waals surface area contributed by atoms with Gasteiger partial charge in [0.1, 0.15) is 5.60 Å². The van der Waals surface area contributed by atoms with Crippen molar-refractivity contribution in [3.63, 3.8) is 0 Å². The lowest BCUT2D eigenvalue weighted by Crippen LogP contribution is -2.42. The molecule has 8 heteroatoms. The Morgan fingerprint density at radius 3 is 2.59 bits per heavy atom. The number of carbonyl (C=O) groups excluding carboxylic acids is 1. The van der Waals surface area contributed by atoms with Gasteiger partial charge < -0.3 is 9.64 Å². The smallest absolute Gasteiger partial charge is 0.410 e. The molecular formula is C14H21N3O4S. The Kier molecular flexibility index (Phi) is 4.69. The number of carbonyl (C=O) groups is 1. The number of likely N-dealkylation sites (tertiary alicyclic amines) is 1. The molecule has 0 bridgehead atoms. The van der Waals surface area contributed by atoms with Gasteiger partial charge in [-0.25, -0.2) is 23.2 Å². The highest BCUT2D eigenvalue weighted by Gasteiger charge is 2.36. The molecule has 0 radical (unpaired) electrons. The molecule has 1 aromatic rings. The highest BCUT2D eigenvalue weighted by molar-refractivity contribution is 7.91. The summed E-state index contributed by atoms with van der Waals surface area (Å²) in [5.41, 5.74) is -0.606. The minimum atomic E-state index is -3.63. The van der Waals surface area contributed by atoms with Crippen LogP contribution in [0.5, 0.6) is 0 Å². The fraction of sp³-hybridized carbons (Fsp3) is 0.643. The predicted octanol–water partition coefficient (Wildman–Crippen LogP) is 1.65. The Bertz CT molecular complexity index is 625. The van der Waals surface area contributed by atoms with Crippen molar-refractivity contribution in [1.29, 1.82) is 0 Å². The van der Waals surface area contributed by atoms with Crippen LogP contribution in [0.25, 0.3) is 0 Å². The number of hydrogen-bond donors (Lipinski definition) is 0. The van der Waals surface area contributed by atoms with Gasteiger partial charge in [0, 0.05) is 25.0 Å². The fourth-order valence-electron chi connectivity index (χ4n) is 2.34. The summed E-state index contributed by atoms with van der Waals surface area (Å²) in [7, 11) is -3.63. The molecule has 1 unspecified atom stereocenters. The van der Waals surface area contributed by atoms with Crippen LogP contribution in [-0.4, -0.2) is 53.3 Å². The Balaban J connectivity index is 2.10. The number of amides is 1. The van der Waals surface area contributed by atoms with E-state index in [2.05, 4.69) is 9.97 Å². The zero-order chi connectivity index (χ0) is 16.4. The number of hydrogen-bond acceptors (Lipinski definition) is 6. The number of aromatic nitrogens is 2. The molecule has 1 atom stereocenters. The molecule has 0 aliphatic carbocycles. The van der Waals surface area contributed by atoms with Crippen molar-refractivity contribution in [2.75, 3.05) is 12.3 Å². The van der Waals surface area contributed by atoms with E-state index in [0.29, 0.717) is 13.0 Å². The summed E-state index contributed by atoms with van der Waals surface area (Å²) in [6, 6.07) is 1.16. The molecule has 0 spiro atoms. The summed E-state index contributed by atoms with van der Waals surface area (Å²) in [5, 5.41) is -0.203. The van der Waals surface area contributed by atoms with Crippen LogP contribution < -0.4 is 0 Å². The molecule has 2 heterocycles. The number of nitrogens with zero attached hydrogens (tertiary/aromatic N) is 3. The second-order valence-electron chi connectivity index (χ2n) is 6.28. The molecular weight excluding hydrogens is 306 g/mol. The van der Waals surface area contributed by atoms with E-state index in [9.17, 15) is 13.2 Å². The summed E-state index contributed by atoms with van der Waals surface area (Å²) in [6.07, 6.45) is 3.69. The molecule has 0 N–H and O–H groups in total. The third-order valence-electron chi connectivity index (χ3n) is 3.24. The molecule has 1 aliphatic heterocycles. The van der Waals surface area contributed by atoms with Crippen LogP contribution >= 0.6 is 0 Å². The summed E-state index contributed by atoms with van der Waals surface area (Å²) < 4.78 is 30.0. The topological polar surface area (TPSA) is 89.5 Å². The third-order valence-corrected chi connectivity index (χ3v) is 4.83. The highest BCUT2D eigenvalue weighted by atomic mass is 32.2. The highest BCUT2D eigenvalue weighted by Crippen LogP contribution is 2.23. The molecule has 1 amide bonds. The Labute approximate surface area is 130 Å². The van der Waals surface area contributed by atoms with E-state index in [1.54, 1.807) is 26.8 Å². The number of rotatable bonds is 3. The minimum Gasteiger partial charge on any atom is -0.444 e. The van der Waals surface area contributed by atoms with Crippen molar-refractivity contribution < 1.29 is 17.9 Å². The van der Waals surface area contributed by atoms with Gasteiger partial charge in [0.25, 0.3) is 0 Å². The average molecular weight is 327 g/mol. The maximum absolute atomic E-state index is 12.3. The lowest BCUT2D eigenvalue weighted by molar-refractivity contribution is 0.0241. The van der Waals surface area contributed by atoms with Gasteiger partial charge in [-0.3, -0.25) is 0 Å². The Hall–Kier alpha value is -1.70. The van der Waals surface area contributed by atoms with Crippen molar-refractivity contribution in [2.45, 2.75) is 50.4 Å². The van der Waals surface area contributed by atoms with Crippen LogP contribution in [0.15, 0.2) is 23.6 Å². The van der Waals surface area contributed by atoms with Gasteiger partial charge in [0.05, 0.1) is 5.75 Å². The molecule has 7 nitrogen and oxygen atoms in total. The maximum atomic E-state index is 12.3. The van der Waals surface area contributed by atoms with Crippen molar-refractivity contribution in [3.8, 4) is 0 Å². The molecule has 122 valence electrons. The quantitative estimate of drug-likeness (QED) is 0.784. The molecule has 1 fully saturated rings. The van der Waals surface area contributed by atoms with E-state index >= 15 is 0 Å². The standard InChI is InChI=1S/C14H21N3O4S/c1-14(2,3)21-13(18)17-9-4-6-11(17)10-22(19,20)12-15-7-5-8-16-12/h5,7-8,11H,4,6,9-10H2,1-3H3. The first-order valence-corrected chi connectivity index (χ1v) is 8.84. The van der Waals surface area contributed by atoms with Gasteiger partial charge in [0.15, 0.2) is 0 Å². The van der Waals surface area contributed by atoms with Crippen molar-refractivity contribution in [2.24, 2.45) is 0 Å². The second-order valence-corrected chi connectivity index (χ2v) is 8.21. The van der Waals surface area contributed by atoms with Gasteiger partial charge in [-0.15, -0.1) is 0 Å². The SMILES string of the molecule is CC(C)(C)OC(=O)N1CCCC1CS(=O)(=O)c1ncccn1. The molecule has 0 saturated carbocycles. The third kappa shape index (κ3) is 4.16. The summed E-state index contributed by atoms with van der Waals surface area (Å²) >= 11 is 0. The zero-order valence-electron chi connectivity index (χ0n) is 13.0. The Morgan fingerprint density at radius 2 is 2.00 bits per heavy atom. The fourth-order valence-corrected chi connectivity index (χ4v) is 3.79. The van der Waals surface area contributed by atoms with Crippen LogP contribution in [0, 0.1) is 0 Å². The molecule has 1 aliphatic rings. The first-order valence-electron chi connectivity index (χ1n) is 7.18. The van der Waals surface area contributed by atoms with E-state index in [-0.39, 0.29) is 10.9 Å². The van der Waals surface area contributed by atoms with Gasteiger partial charge >= 0.3 is 6.09 Å². The van der Waals surface area contributed by atoms with Gasteiger partial charge in [-0.05, 0) is 39.7 Å². The lowest BCUT2D eigenvalue weighted by Gasteiger charge is -2.28. The number of ether oxygens (including phenoxy) is 1. The molecule has 0 aromatic carbocycles. The lowest BCUT2D eigenvalue weighted by atomic mass is 10.2. The first kappa shape index (κ1) is 16.7. The first-order chi connectivity index (χ1) is 10.2. The van der Waals surface area contributed by atoms with E-state index < -0.39 is 27.6 Å². The van der Waals surface area contributed by atoms with Crippen molar-refractivity contribution in [3.05, 3.63) is 18.5 Å². The average Bonchev–Trinajstić information content (AvgIpc) is 2.85.